The van der Waals surface area contributed by atoms with Crippen LogP contribution in [0.5, 0.6) is 11.6 Å². The molecule has 0 aliphatic rings. The standard InChI is InChI=1S/C21H17ClN6O2/c1-14-2-7-18(17(22)10-14)27-21(29)26-15-3-5-16(6-4-15)30-20-11-19(24-12-25-20)28-9-8-23-13-28/h2-13H,1H3,(H2,26,27,29). The quantitative estimate of drug-likeness (QED) is 0.470. The second kappa shape index (κ2) is 8.62. The van der Waals surface area contributed by atoms with Crippen molar-refractivity contribution in [2.24, 2.45) is 0 Å². The van der Waals surface area contributed by atoms with Crippen molar-refractivity contribution >= 4 is 29.0 Å². The van der Waals surface area contributed by atoms with Crippen molar-refractivity contribution in [1.82, 2.24) is 19.5 Å². The molecule has 0 aliphatic heterocycles. The Balaban J connectivity index is 1.38. The summed E-state index contributed by atoms with van der Waals surface area (Å²) in [5.41, 5.74) is 2.16. The average molecular weight is 421 g/mol. The van der Waals surface area contributed by atoms with Gasteiger partial charge in [-0.3, -0.25) is 4.57 Å². The number of halogens is 1. The number of ether oxygens (including phenoxy) is 1. The van der Waals surface area contributed by atoms with E-state index in [9.17, 15) is 4.79 Å². The molecule has 0 unspecified atom stereocenters. The number of nitrogens with zero attached hydrogens (tertiary/aromatic N) is 4. The SMILES string of the molecule is Cc1ccc(NC(=O)Nc2ccc(Oc3cc(-n4ccnc4)ncn3)cc2)c(Cl)c1. The molecule has 150 valence electrons. The number of amides is 2. The molecule has 0 bridgehead atoms. The van der Waals surface area contributed by atoms with Crippen molar-refractivity contribution in [3.63, 3.8) is 0 Å². The first-order valence-corrected chi connectivity index (χ1v) is 9.37. The van der Waals surface area contributed by atoms with Crippen LogP contribution in [0, 0.1) is 6.92 Å². The third-order valence-corrected chi connectivity index (χ3v) is 4.42. The Morgan fingerprint density at radius 3 is 2.63 bits per heavy atom. The van der Waals surface area contributed by atoms with E-state index in [0.29, 0.717) is 33.8 Å². The average Bonchev–Trinajstić information content (AvgIpc) is 3.27. The maximum Gasteiger partial charge on any atom is 0.323 e. The number of aromatic nitrogens is 4. The Labute approximate surface area is 177 Å². The van der Waals surface area contributed by atoms with E-state index in [-0.39, 0.29) is 0 Å². The van der Waals surface area contributed by atoms with E-state index in [1.807, 2.05) is 13.0 Å². The number of benzene rings is 2. The predicted molar refractivity (Wildman–Crippen MR) is 115 cm³/mol. The molecule has 2 aromatic heterocycles. The Morgan fingerprint density at radius 1 is 1.07 bits per heavy atom. The van der Waals surface area contributed by atoms with Crippen molar-refractivity contribution in [2.75, 3.05) is 10.6 Å². The van der Waals surface area contributed by atoms with Gasteiger partial charge >= 0.3 is 6.03 Å². The third kappa shape index (κ3) is 4.73. The molecule has 0 saturated carbocycles. The van der Waals surface area contributed by atoms with Crippen LogP contribution in [-0.4, -0.2) is 25.6 Å². The molecule has 8 nitrogen and oxygen atoms in total. The Morgan fingerprint density at radius 2 is 1.90 bits per heavy atom. The van der Waals surface area contributed by atoms with Gasteiger partial charge in [-0.1, -0.05) is 17.7 Å². The fourth-order valence-electron chi connectivity index (χ4n) is 2.65. The zero-order valence-corrected chi connectivity index (χ0v) is 16.7. The number of hydrogen-bond acceptors (Lipinski definition) is 5. The van der Waals surface area contributed by atoms with Gasteiger partial charge in [0.05, 0.1) is 10.7 Å². The van der Waals surface area contributed by atoms with Crippen LogP contribution in [0.25, 0.3) is 5.82 Å². The van der Waals surface area contributed by atoms with E-state index < -0.39 is 6.03 Å². The summed E-state index contributed by atoms with van der Waals surface area (Å²) >= 11 is 6.14. The summed E-state index contributed by atoms with van der Waals surface area (Å²) in [5.74, 6) is 1.60. The molecule has 0 fully saturated rings. The van der Waals surface area contributed by atoms with Gasteiger partial charge in [-0.2, -0.15) is 0 Å². The fraction of sp³-hybridized carbons (Fsp3) is 0.0476. The van der Waals surface area contributed by atoms with Gasteiger partial charge in [-0.15, -0.1) is 0 Å². The lowest BCUT2D eigenvalue weighted by Gasteiger charge is -2.10. The highest BCUT2D eigenvalue weighted by molar-refractivity contribution is 6.33. The maximum atomic E-state index is 12.2. The summed E-state index contributed by atoms with van der Waals surface area (Å²) in [4.78, 5) is 24.5. The van der Waals surface area contributed by atoms with Crippen molar-refractivity contribution in [2.45, 2.75) is 6.92 Å². The first-order chi connectivity index (χ1) is 14.6. The highest BCUT2D eigenvalue weighted by Gasteiger charge is 2.07. The van der Waals surface area contributed by atoms with Gasteiger partial charge in [-0.05, 0) is 48.9 Å². The number of carbonyl (C=O) groups is 1. The molecule has 2 heterocycles. The largest absolute Gasteiger partial charge is 0.439 e. The summed E-state index contributed by atoms with van der Waals surface area (Å²) in [5, 5.41) is 5.95. The minimum atomic E-state index is -0.393. The van der Waals surface area contributed by atoms with Gasteiger partial charge in [0.15, 0.2) is 0 Å². The van der Waals surface area contributed by atoms with E-state index >= 15 is 0 Å². The molecule has 0 atom stereocenters. The zero-order chi connectivity index (χ0) is 20.9. The summed E-state index contributed by atoms with van der Waals surface area (Å²) in [7, 11) is 0. The lowest BCUT2D eigenvalue weighted by atomic mass is 10.2. The highest BCUT2D eigenvalue weighted by atomic mass is 35.5. The first kappa shape index (κ1) is 19.4. The topological polar surface area (TPSA) is 94.0 Å². The molecule has 9 heteroatoms. The summed E-state index contributed by atoms with van der Waals surface area (Å²) in [6.07, 6.45) is 6.50. The molecule has 2 N–H and O–H groups in total. The number of imidazole rings is 1. The van der Waals surface area contributed by atoms with Gasteiger partial charge in [-0.25, -0.2) is 19.7 Å². The van der Waals surface area contributed by atoms with Crippen LogP contribution in [0.1, 0.15) is 5.56 Å². The number of aryl methyl sites for hydroxylation is 1. The first-order valence-electron chi connectivity index (χ1n) is 8.99. The molecule has 0 spiro atoms. The highest BCUT2D eigenvalue weighted by Crippen LogP contribution is 2.24. The molecule has 0 radical (unpaired) electrons. The monoisotopic (exact) mass is 420 g/mol. The number of carbonyl (C=O) groups excluding carboxylic acids is 1. The minimum Gasteiger partial charge on any atom is -0.439 e. The van der Waals surface area contributed by atoms with Gasteiger partial charge in [0.25, 0.3) is 0 Å². The summed E-state index contributed by atoms with van der Waals surface area (Å²) in [6, 6.07) is 13.6. The van der Waals surface area contributed by atoms with Gasteiger partial charge in [0, 0.05) is 24.1 Å². The van der Waals surface area contributed by atoms with E-state index in [1.165, 1.54) is 6.33 Å². The van der Waals surface area contributed by atoms with Gasteiger partial charge in [0.1, 0.15) is 24.2 Å². The molecule has 30 heavy (non-hydrogen) atoms. The molecule has 4 aromatic rings. The fourth-order valence-corrected chi connectivity index (χ4v) is 2.94. The van der Waals surface area contributed by atoms with Crippen LogP contribution >= 0.6 is 11.6 Å². The van der Waals surface area contributed by atoms with E-state index in [0.717, 1.165) is 5.56 Å². The van der Waals surface area contributed by atoms with E-state index in [2.05, 4.69) is 25.6 Å². The van der Waals surface area contributed by atoms with Gasteiger partial charge in [0.2, 0.25) is 5.88 Å². The van der Waals surface area contributed by atoms with Crippen molar-refractivity contribution in [3.8, 4) is 17.4 Å². The zero-order valence-electron chi connectivity index (χ0n) is 15.9. The Bertz CT molecular complexity index is 1160. The van der Waals surface area contributed by atoms with Crippen LogP contribution in [0.4, 0.5) is 16.2 Å². The number of rotatable bonds is 5. The van der Waals surface area contributed by atoms with Crippen molar-refractivity contribution in [3.05, 3.63) is 84.2 Å². The number of anilines is 2. The second-order valence-electron chi connectivity index (χ2n) is 6.37. The summed E-state index contributed by atoms with van der Waals surface area (Å²) < 4.78 is 7.52. The lowest BCUT2D eigenvalue weighted by molar-refractivity contribution is 0.262. The molecule has 0 aliphatic carbocycles. The number of hydrogen-bond donors (Lipinski definition) is 2. The number of urea groups is 1. The lowest BCUT2D eigenvalue weighted by Crippen LogP contribution is -2.19. The van der Waals surface area contributed by atoms with Crippen molar-refractivity contribution < 1.29 is 9.53 Å². The van der Waals surface area contributed by atoms with Crippen LogP contribution in [0.3, 0.4) is 0 Å². The van der Waals surface area contributed by atoms with Crippen LogP contribution < -0.4 is 15.4 Å². The van der Waals surface area contributed by atoms with Crippen LogP contribution in [0.2, 0.25) is 5.02 Å². The second-order valence-corrected chi connectivity index (χ2v) is 6.78. The smallest absolute Gasteiger partial charge is 0.323 e. The third-order valence-electron chi connectivity index (χ3n) is 4.10. The molecular formula is C21H17ClN6O2. The molecule has 2 amide bonds. The maximum absolute atomic E-state index is 12.2. The van der Waals surface area contributed by atoms with Crippen LogP contribution in [-0.2, 0) is 0 Å². The van der Waals surface area contributed by atoms with Gasteiger partial charge < -0.3 is 15.4 Å². The van der Waals surface area contributed by atoms with E-state index in [4.69, 9.17) is 16.3 Å². The Hall–Kier alpha value is -3.91. The molecular weight excluding hydrogens is 404 g/mol. The number of nitrogens with one attached hydrogen (secondary N) is 2. The van der Waals surface area contributed by atoms with Crippen LogP contribution in [0.15, 0.2) is 73.6 Å². The molecule has 2 aromatic carbocycles. The van der Waals surface area contributed by atoms with Crippen molar-refractivity contribution in [1.29, 1.82) is 0 Å². The normalized spacial score (nSPS) is 10.5. The predicted octanol–water partition coefficient (Wildman–Crippen LogP) is 5.06. The summed E-state index contributed by atoms with van der Waals surface area (Å²) in [6.45, 7) is 1.93. The Kier molecular flexibility index (Phi) is 5.58. The molecule has 4 rings (SSSR count). The minimum absolute atomic E-state index is 0.390. The van der Waals surface area contributed by atoms with E-state index in [1.54, 1.807) is 65.8 Å². The molecule has 0 saturated heterocycles.